The molecular formula is C24H47N5O5S. The van der Waals surface area contributed by atoms with Gasteiger partial charge in [0.1, 0.15) is 18.1 Å². The van der Waals surface area contributed by atoms with Crippen molar-refractivity contribution < 1.29 is 24.3 Å². The third-order valence-corrected chi connectivity index (χ3v) is 6.29. The third kappa shape index (κ3) is 15.0. The molecule has 0 saturated carbocycles. The van der Waals surface area contributed by atoms with Gasteiger partial charge in [0.15, 0.2) is 0 Å². The number of amides is 3. The van der Waals surface area contributed by atoms with Gasteiger partial charge in [-0.2, -0.15) is 11.8 Å². The molecule has 8 N–H and O–H groups in total. The normalized spacial score (nSPS) is 14.8. The van der Waals surface area contributed by atoms with E-state index in [-0.39, 0.29) is 18.3 Å². The Labute approximate surface area is 214 Å². The summed E-state index contributed by atoms with van der Waals surface area (Å²) in [6.45, 7) is 10.2. The molecule has 0 bridgehead atoms. The van der Waals surface area contributed by atoms with Crippen molar-refractivity contribution in [2.24, 2.45) is 23.3 Å². The number of carbonyl (C=O) groups is 4. The molecule has 0 spiro atoms. The topological polar surface area (TPSA) is 177 Å². The minimum absolute atomic E-state index is 0.0686. The van der Waals surface area contributed by atoms with Gasteiger partial charge in [-0.05, 0) is 62.0 Å². The molecule has 0 aromatic heterocycles. The highest BCUT2D eigenvalue weighted by atomic mass is 32.2. The zero-order valence-corrected chi connectivity index (χ0v) is 22.8. The van der Waals surface area contributed by atoms with Gasteiger partial charge in [0.25, 0.3) is 0 Å². The van der Waals surface area contributed by atoms with Gasteiger partial charge in [0.2, 0.25) is 17.7 Å². The second-order valence-corrected chi connectivity index (χ2v) is 11.1. The lowest BCUT2D eigenvalue weighted by molar-refractivity contribution is -0.142. The van der Waals surface area contributed by atoms with Crippen molar-refractivity contribution in [3.63, 3.8) is 0 Å². The van der Waals surface area contributed by atoms with E-state index in [1.807, 2.05) is 34.6 Å². The number of nitrogens with one attached hydrogen (secondary N) is 3. The maximum atomic E-state index is 13.1. The van der Waals surface area contributed by atoms with Crippen molar-refractivity contribution in [1.29, 1.82) is 0 Å². The monoisotopic (exact) mass is 517 g/mol. The van der Waals surface area contributed by atoms with E-state index in [1.54, 1.807) is 11.8 Å². The number of carboxylic acid groups (broad SMARTS) is 1. The standard InChI is InChI=1S/C24H47N5O5S/c1-6-35-12-10-18(24(33)34)27-22(31)20(14-16(4)5)29-23(32)19(13-15(2)3)28-21(30)17(26)9-7-8-11-25/h15-20H,6-14,25-26H2,1-5H3,(H,27,31)(H,28,30)(H,29,32)(H,33,34). The van der Waals surface area contributed by atoms with Crippen LogP contribution >= 0.6 is 11.8 Å². The van der Waals surface area contributed by atoms with Crippen molar-refractivity contribution in [3.8, 4) is 0 Å². The van der Waals surface area contributed by atoms with Crippen LogP contribution in [0.2, 0.25) is 0 Å². The van der Waals surface area contributed by atoms with Crippen LogP contribution in [-0.2, 0) is 19.2 Å². The number of carbonyl (C=O) groups excluding carboxylic acids is 3. The van der Waals surface area contributed by atoms with Crippen LogP contribution in [0.25, 0.3) is 0 Å². The Morgan fingerprint density at radius 2 is 1.29 bits per heavy atom. The SMILES string of the molecule is CCSCCC(NC(=O)C(CC(C)C)NC(=O)C(CC(C)C)NC(=O)C(N)CCCCN)C(=O)O. The molecular weight excluding hydrogens is 470 g/mol. The van der Waals surface area contributed by atoms with Crippen molar-refractivity contribution in [1.82, 2.24) is 16.0 Å². The van der Waals surface area contributed by atoms with Crippen LogP contribution in [0.4, 0.5) is 0 Å². The summed E-state index contributed by atoms with van der Waals surface area (Å²) in [6.07, 6.45) is 2.92. The van der Waals surface area contributed by atoms with E-state index in [0.717, 1.165) is 12.2 Å². The third-order valence-electron chi connectivity index (χ3n) is 5.36. The summed E-state index contributed by atoms with van der Waals surface area (Å²) in [5.41, 5.74) is 11.5. The molecule has 4 atom stereocenters. The number of thioether (sulfide) groups is 1. The molecule has 0 aromatic carbocycles. The predicted octanol–water partition coefficient (Wildman–Crippen LogP) is 1.22. The molecule has 0 rings (SSSR count). The minimum Gasteiger partial charge on any atom is -0.480 e. The van der Waals surface area contributed by atoms with Crippen molar-refractivity contribution in [2.75, 3.05) is 18.1 Å². The summed E-state index contributed by atoms with van der Waals surface area (Å²) in [7, 11) is 0. The van der Waals surface area contributed by atoms with E-state index in [1.165, 1.54) is 0 Å². The van der Waals surface area contributed by atoms with Crippen molar-refractivity contribution in [3.05, 3.63) is 0 Å². The predicted molar refractivity (Wildman–Crippen MR) is 141 cm³/mol. The van der Waals surface area contributed by atoms with Crippen LogP contribution < -0.4 is 27.4 Å². The lowest BCUT2D eigenvalue weighted by atomic mass is 9.99. The molecule has 0 aliphatic rings. The van der Waals surface area contributed by atoms with Crippen molar-refractivity contribution in [2.45, 2.75) is 97.3 Å². The average Bonchev–Trinajstić information content (AvgIpc) is 2.76. The molecule has 4 unspecified atom stereocenters. The number of carboxylic acids is 1. The van der Waals surface area contributed by atoms with E-state index in [4.69, 9.17) is 11.5 Å². The van der Waals surface area contributed by atoms with Gasteiger partial charge in [0.05, 0.1) is 6.04 Å². The lowest BCUT2D eigenvalue weighted by Gasteiger charge is -2.27. The molecule has 0 heterocycles. The summed E-state index contributed by atoms with van der Waals surface area (Å²) in [6, 6.07) is -3.57. The minimum atomic E-state index is -1.11. The van der Waals surface area contributed by atoms with E-state index in [0.29, 0.717) is 38.0 Å². The molecule has 0 aliphatic heterocycles. The first-order valence-corrected chi connectivity index (χ1v) is 13.8. The van der Waals surface area contributed by atoms with Crippen molar-refractivity contribution >= 4 is 35.5 Å². The number of aliphatic carboxylic acids is 1. The van der Waals surface area contributed by atoms with E-state index < -0.39 is 47.9 Å². The number of unbranched alkanes of at least 4 members (excludes halogenated alkanes) is 1. The Hall–Kier alpha value is -1.85. The summed E-state index contributed by atoms with van der Waals surface area (Å²) in [5, 5.41) is 17.5. The fourth-order valence-electron chi connectivity index (χ4n) is 3.47. The molecule has 10 nitrogen and oxygen atoms in total. The van der Waals surface area contributed by atoms with Crippen LogP contribution in [0.3, 0.4) is 0 Å². The van der Waals surface area contributed by atoms with Gasteiger partial charge >= 0.3 is 5.97 Å². The van der Waals surface area contributed by atoms with Gasteiger partial charge in [-0.15, -0.1) is 0 Å². The maximum Gasteiger partial charge on any atom is 0.326 e. The first-order valence-electron chi connectivity index (χ1n) is 12.6. The van der Waals surface area contributed by atoms with Gasteiger partial charge in [0, 0.05) is 0 Å². The van der Waals surface area contributed by atoms with Crippen LogP contribution in [0.5, 0.6) is 0 Å². The number of nitrogens with two attached hydrogens (primary N) is 2. The number of rotatable bonds is 19. The van der Waals surface area contributed by atoms with E-state index >= 15 is 0 Å². The van der Waals surface area contributed by atoms with Crippen LogP contribution in [0.1, 0.15) is 73.1 Å². The summed E-state index contributed by atoms with van der Waals surface area (Å²) < 4.78 is 0. The number of hydrogen-bond donors (Lipinski definition) is 6. The Morgan fingerprint density at radius 1 is 0.800 bits per heavy atom. The molecule has 0 radical (unpaired) electrons. The molecule has 0 aliphatic carbocycles. The summed E-state index contributed by atoms with van der Waals surface area (Å²) in [4.78, 5) is 50.3. The highest BCUT2D eigenvalue weighted by molar-refractivity contribution is 7.99. The number of hydrogen-bond acceptors (Lipinski definition) is 7. The zero-order valence-electron chi connectivity index (χ0n) is 22.0. The average molecular weight is 518 g/mol. The summed E-state index contributed by atoms with van der Waals surface area (Å²) >= 11 is 1.59. The molecule has 0 aromatic rings. The largest absolute Gasteiger partial charge is 0.480 e. The Bertz CT molecular complexity index is 662. The Balaban J connectivity index is 5.38. The van der Waals surface area contributed by atoms with E-state index in [9.17, 15) is 24.3 Å². The smallest absolute Gasteiger partial charge is 0.326 e. The molecule has 3 amide bonds. The highest BCUT2D eigenvalue weighted by Crippen LogP contribution is 2.11. The maximum absolute atomic E-state index is 13.1. The zero-order chi connectivity index (χ0) is 27.0. The highest BCUT2D eigenvalue weighted by Gasteiger charge is 2.31. The first-order chi connectivity index (χ1) is 16.4. The fourth-order valence-corrected chi connectivity index (χ4v) is 4.16. The first kappa shape index (κ1) is 33.1. The molecule has 35 heavy (non-hydrogen) atoms. The quantitative estimate of drug-likeness (QED) is 0.138. The van der Waals surface area contributed by atoms with Gasteiger partial charge in [-0.25, -0.2) is 4.79 Å². The van der Waals surface area contributed by atoms with Crippen LogP contribution in [0, 0.1) is 11.8 Å². The van der Waals surface area contributed by atoms with Gasteiger partial charge < -0.3 is 32.5 Å². The van der Waals surface area contributed by atoms with E-state index in [2.05, 4.69) is 16.0 Å². The molecule has 0 fully saturated rings. The van der Waals surface area contributed by atoms with Gasteiger partial charge in [-0.1, -0.05) is 41.0 Å². The van der Waals surface area contributed by atoms with Gasteiger partial charge in [-0.3, -0.25) is 14.4 Å². The summed E-state index contributed by atoms with van der Waals surface area (Å²) in [5.74, 6) is -0.951. The second kappa shape index (κ2) is 18.4. The Kier molecular flexibility index (Phi) is 17.4. The molecule has 204 valence electrons. The molecule has 11 heteroatoms. The Morgan fingerprint density at radius 3 is 1.71 bits per heavy atom. The lowest BCUT2D eigenvalue weighted by Crippen LogP contribution is -2.57. The van der Waals surface area contributed by atoms with Crippen LogP contribution in [-0.4, -0.2) is 71.0 Å². The van der Waals surface area contributed by atoms with Crippen LogP contribution in [0.15, 0.2) is 0 Å². The second-order valence-electron chi connectivity index (χ2n) is 9.66. The fraction of sp³-hybridized carbons (Fsp3) is 0.833. The molecule has 0 saturated heterocycles.